The molecule has 1 amide bonds. The Hall–Kier alpha value is -2.51. The lowest BCUT2D eigenvalue weighted by Gasteiger charge is -2.13. The summed E-state index contributed by atoms with van der Waals surface area (Å²) in [6.07, 6.45) is 0.523. The van der Waals surface area contributed by atoms with Crippen molar-refractivity contribution in [1.29, 1.82) is 0 Å². The summed E-state index contributed by atoms with van der Waals surface area (Å²) in [5.41, 5.74) is 2.23. The summed E-state index contributed by atoms with van der Waals surface area (Å²) in [7, 11) is 0. The topological polar surface area (TPSA) is 82.1 Å². The second-order valence-corrected chi connectivity index (χ2v) is 7.48. The van der Waals surface area contributed by atoms with Crippen LogP contribution in [0.5, 0.6) is 5.95 Å². The summed E-state index contributed by atoms with van der Waals surface area (Å²) in [6.45, 7) is 3.77. The number of rotatable bonds is 6. The first-order chi connectivity index (χ1) is 13.0. The predicted molar refractivity (Wildman–Crippen MR) is 102 cm³/mol. The Bertz CT molecular complexity index is 947. The van der Waals surface area contributed by atoms with E-state index in [2.05, 4.69) is 10.6 Å². The van der Waals surface area contributed by atoms with E-state index in [0.717, 1.165) is 17.3 Å². The van der Waals surface area contributed by atoms with E-state index in [9.17, 15) is 9.90 Å². The van der Waals surface area contributed by atoms with Gasteiger partial charge in [0.1, 0.15) is 0 Å². The van der Waals surface area contributed by atoms with E-state index >= 15 is 0 Å². The molecule has 0 bridgehead atoms. The highest BCUT2D eigenvalue weighted by Crippen LogP contribution is 2.30. The summed E-state index contributed by atoms with van der Waals surface area (Å²) >= 11 is 7.24. The van der Waals surface area contributed by atoms with E-state index in [-0.39, 0.29) is 10.9 Å². The maximum atomic E-state index is 12.7. The number of halogens is 1. The van der Waals surface area contributed by atoms with Crippen molar-refractivity contribution >= 4 is 35.0 Å². The molecule has 0 saturated carbocycles. The molecule has 0 aliphatic rings. The molecule has 0 aliphatic carbocycles. The Labute approximate surface area is 166 Å². The largest absolute Gasteiger partial charge is 0.538 e. The Morgan fingerprint density at radius 2 is 2.07 bits per heavy atom. The Balaban J connectivity index is 1.80. The minimum absolute atomic E-state index is 0.220. The number of para-hydroxylation sites is 1. The molecule has 1 unspecified atom stereocenters. The molecule has 2 aromatic carbocycles. The van der Waals surface area contributed by atoms with Crippen LogP contribution in [0.3, 0.4) is 0 Å². The number of benzene rings is 2. The minimum atomic E-state index is -0.575. The first-order valence-electron chi connectivity index (χ1n) is 8.37. The number of carbonyl (C=O) groups is 1. The number of amides is 1. The summed E-state index contributed by atoms with van der Waals surface area (Å²) in [6, 6.07) is 14.5. The molecule has 1 heterocycles. The molecule has 8 heteroatoms. The van der Waals surface area contributed by atoms with Gasteiger partial charge in [-0.25, -0.2) is 0 Å². The average Bonchev–Trinajstić information content (AvgIpc) is 3.03. The number of thioether (sulfide) groups is 1. The van der Waals surface area contributed by atoms with Gasteiger partial charge in [0.15, 0.2) is 5.95 Å². The van der Waals surface area contributed by atoms with E-state index in [0.29, 0.717) is 22.8 Å². The van der Waals surface area contributed by atoms with Gasteiger partial charge in [-0.3, -0.25) is 4.79 Å². The van der Waals surface area contributed by atoms with E-state index in [1.165, 1.54) is 4.68 Å². The number of nitrogens with zero attached hydrogens (tertiary/aromatic N) is 2. The molecule has 0 aliphatic heterocycles. The Morgan fingerprint density at radius 1 is 1.33 bits per heavy atom. The van der Waals surface area contributed by atoms with Gasteiger partial charge < -0.3 is 14.9 Å². The highest BCUT2D eigenvalue weighted by Gasteiger charge is 2.28. The van der Waals surface area contributed by atoms with Gasteiger partial charge in [0.25, 0.3) is 5.03 Å². The van der Waals surface area contributed by atoms with Crippen LogP contribution in [0.1, 0.15) is 18.9 Å². The maximum Gasteiger partial charge on any atom is 0.298 e. The van der Waals surface area contributed by atoms with Gasteiger partial charge in [-0.15, -0.1) is 0 Å². The summed E-state index contributed by atoms with van der Waals surface area (Å²) in [5, 5.41) is 19.1. The van der Waals surface area contributed by atoms with Crippen LogP contribution in [0.2, 0.25) is 5.02 Å². The van der Waals surface area contributed by atoms with Crippen molar-refractivity contribution in [3.63, 3.8) is 0 Å². The van der Waals surface area contributed by atoms with Crippen molar-refractivity contribution in [2.75, 3.05) is 5.32 Å². The predicted octanol–water partition coefficient (Wildman–Crippen LogP) is 3.50. The van der Waals surface area contributed by atoms with Crippen LogP contribution in [0.25, 0.3) is 5.69 Å². The van der Waals surface area contributed by atoms with Gasteiger partial charge in [-0.1, -0.05) is 42.8 Å². The van der Waals surface area contributed by atoms with Crippen LogP contribution < -0.4 is 15.1 Å². The molecule has 0 saturated heterocycles. The normalized spacial score (nSPS) is 12.0. The maximum absolute atomic E-state index is 12.7. The molecule has 3 aromatic rings. The first-order valence-corrected chi connectivity index (χ1v) is 9.63. The summed E-state index contributed by atoms with van der Waals surface area (Å²) in [5.74, 6) is -0.795. The van der Waals surface area contributed by atoms with E-state index in [4.69, 9.17) is 16.1 Å². The van der Waals surface area contributed by atoms with Crippen LogP contribution in [-0.2, 0) is 4.79 Å². The SMILES string of the molecule is CCC(Sc1c([O-])on[n+]1-c1ccccc1)C(=O)Nc1ccc(C)c(Cl)c1. The second kappa shape index (κ2) is 8.45. The van der Waals surface area contributed by atoms with Gasteiger partial charge in [0, 0.05) is 22.8 Å². The molecule has 0 fully saturated rings. The number of nitrogens with one attached hydrogen (secondary N) is 1. The van der Waals surface area contributed by atoms with Crippen LogP contribution in [0, 0.1) is 6.92 Å². The van der Waals surface area contributed by atoms with Gasteiger partial charge >= 0.3 is 0 Å². The van der Waals surface area contributed by atoms with Crippen LogP contribution in [0.4, 0.5) is 5.69 Å². The molecule has 140 valence electrons. The number of aromatic nitrogens is 2. The molecule has 1 N–H and O–H groups in total. The number of hydrogen-bond acceptors (Lipinski definition) is 5. The third kappa shape index (κ3) is 4.43. The average molecular weight is 404 g/mol. The van der Waals surface area contributed by atoms with E-state index in [1.54, 1.807) is 24.3 Å². The van der Waals surface area contributed by atoms with Crippen molar-refractivity contribution in [2.24, 2.45) is 0 Å². The lowest BCUT2D eigenvalue weighted by atomic mass is 10.2. The zero-order valence-corrected chi connectivity index (χ0v) is 16.4. The molecular formula is C19H18ClN3O3S. The standard InChI is InChI=1S/C19H18ClN3O3S/c1-3-16(17(24)21-13-10-9-12(2)15(20)11-13)27-18-19(25)26-22-23(18)14-7-5-4-6-8-14/h4-11,16H,3H2,1-2H3,(H-,21,22,24,25). The molecule has 3 rings (SSSR count). The van der Waals surface area contributed by atoms with Crippen LogP contribution in [0.15, 0.2) is 58.1 Å². The fraction of sp³-hybridized carbons (Fsp3) is 0.211. The number of anilines is 1. The molecule has 1 atom stereocenters. The molecule has 0 spiro atoms. The third-order valence-electron chi connectivity index (χ3n) is 3.93. The molecule has 6 nitrogen and oxygen atoms in total. The van der Waals surface area contributed by atoms with E-state index in [1.807, 2.05) is 38.1 Å². The summed E-state index contributed by atoms with van der Waals surface area (Å²) in [4.78, 5) is 12.7. The second-order valence-electron chi connectivity index (χ2n) is 5.88. The summed E-state index contributed by atoms with van der Waals surface area (Å²) < 4.78 is 6.22. The smallest absolute Gasteiger partial charge is 0.298 e. The van der Waals surface area contributed by atoms with Gasteiger partial charge in [0.2, 0.25) is 11.6 Å². The number of carbonyl (C=O) groups excluding carboxylic acids is 1. The molecular weight excluding hydrogens is 386 g/mol. The van der Waals surface area contributed by atoms with Crippen LogP contribution in [-0.4, -0.2) is 16.4 Å². The van der Waals surface area contributed by atoms with Crippen molar-refractivity contribution in [2.45, 2.75) is 30.5 Å². The third-order valence-corrected chi connectivity index (χ3v) is 5.73. The van der Waals surface area contributed by atoms with Gasteiger partial charge in [-0.05, 0) is 47.5 Å². The number of aryl methyl sites for hydroxylation is 1. The highest BCUT2D eigenvalue weighted by atomic mass is 35.5. The van der Waals surface area contributed by atoms with Crippen molar-refractivity contribution in [1.82, 2.24) is 5.27 Å². The van der Waals surface area contributed by atoms with Gasteiger partial charge in [-0.2, -0.15) is 0 Å². The zero-order valence-electron chi connectivity index (χ0n) is 14.8. The number of hydrogen-bond donors (Lipinski definition) is 1. The van der Waals surface area contributed by atoms with E-state index < -0.39 is 11.2 Å². The van der Waals surface area contributed by atoms with Crippen molar-refractivity contribution in [3.05, 3.63) is 59.1 Å². The lowest BCUT2D eigenvalue weighted by molar-refractivity contribution is -0.705. The minimum Gasteiger partial charge on any atom is -0.538 e. The highest BCUT2D eigenvalue weighted by molar-refractivity contribution is 8.00. The Kier molecular flexibility index (Phi) is 6.03. The zero-order chi connectivity index (χ0) is 19.4. The van der Waals surface area contributed by atoms with Gasteiger partial charge in [0.05, 0.1) is 10.5 Å². The molecule has 27 heavy (non-hydrogen) atoms. The Morgan fingerprint density at radius 3 is 2.74 bits per heavy atom. The lowest BCUT2D eigenvalue weighted by Crippen LogP contribution is -2.36. The molecule has 1 aromatic heterocycles. The molecule has 0 radical (unpaired) electrons. The quantitative estimate of drug-likeness (QED) is 0.503. The van der Waals surface area contributed by atoms with Crippen molar-refractivity contribution in [3.8, 4) is 11.6 Å². The van der Waals surface area contributed by atoms with Crippen LogP contribution >= 0.6 is 23.4 Å². The fourth-order valence-electron chi connectivity index (χ4n) is 2.42. The monoisotopic (exact) mass is 403 g/mol. The van der Waals surface area contributed by atoms with Crippen molar-refractivity contribution < 1.29 is 19.1 Å². The first kappa shape index (κ1) is 19.3. The fourth-order valence-corrected chi connectivity index (χ4v) is 3.58.